The molecule has 1 saturated heterocycles. The third kappa shape index (κ3) is 3.13. The minimum atomic E-state index is -0.893. The summed E-state index contributed by atoms with van der Waals surface area (Å²) in [5, 5.41) is 9.63. The van der Waals surface area contributed by atoms with Gasteiger partial charge in [-0.15, -0.1) is 0 Å². The van der Waals surface area contributed by atoms with Crippen LogP contribution in [0, 0.1) is 0 Å². The predicted molar refractivity (Wildman–Crippen MR) is 89.4 cm³/mol. The van der Waals surface area contributed by atoms with E-state index in [-0.39, 0.29) is 18.5 Å². The number of carbonyl (C=O) groups is 3. The fraction of sp³-hybridized carbons (Fsp3) is 0.625. The van der Waals surface area contributed by atoms with Crippen molar-refractivity contribution in [2.75, 3.05) is 11.9 Å². The van der Waals surface area contributed by atoms with E-state index in [1.54, 1.807) is 16.9 Å². The summed E-state index contributed by atoms with van der Waals surface area (Å²) in [6.07, 6.45) is 3.46. The molecule has 0 aliphatic carbocycles. The normalized spacial score (nSPS) is 17.8. The van der Waals surface area contributed by atoms with Crippen LogP contribution in [0.2, 0.25) is 0 Å². The molecule has 2 rings (SSSR count). The van der Waals surface area contributed by atoms with E-state index in [0.29, 0.717) is 18.7 Å². The molecule has 4 amide bonds. The molecule has 1 aromatic rings. The van der Waals surface area contributed by atoms with Crippen LogP contribution in [0.5, 0.6) is 0 Å². The standard InChI is InChI=1S/C16H25N5O3/c1-5-11(4)21-12(8-9-17-21)18-13(22)10-20-14(23)16(6-2,7-3)19-15(20)24/h8-9,11H,5-7,10H2,1-4H3,(H,18,22)(H,19,24). The molecule has 132 valence electrons. The van der Waals surface area contributed by atoms with Gasteiger partial charge in [0.2, 0.25) is 5.91 Å². The summed E-state index contributed by atoms with van der Waals surface area (Å²) in [4.78, 5) is 37.8. The average molecular weight is 335 g/mol. The zero-order valence-electron chi connectivity index (χ0n) is 14.6. The van der Waals surface area contributed by atoms with Gasteiger partial charge in [0, 0.05) is 6.07 Å². The van der Waals surface area contributed by atoms with E-state index in [1.165, 1.54) is 0 Å². The van der Waals surface area contributed by atoms with Crippen LogP contribution in [-0.4, -0.2) is 44.6 Å². The van der Waals surface area contributed by atoms with E-state index in [2.05, 4.69) is 15.7 Å². The first-order valence-corrected chi connectivity index (χ1v) is 8.36. The number of anilines is 1. The molecule has 0 saturated carbocycles. The van der Waals surface area contributed by atoms with Gasteiger partial charge in [-0.05, 0) is 26.2 Å². The van der Waals surface area contributed by atoms with Crippen molar-refractivity contribution in [1.29, 1.82) is 0 Å². The van der Waals surface area contributed by atoms with E-state index in [1.807, 2.05) is 27.7 Å². The Kier molecular flexibility index (Phi) is 5.26. The fourth-order valence-corrected chi connectivity index (χ4v) is 2.81. The maximum absolute atomic E-state index is 12.5. The predicted octanol–water partition coefficient (Wildman–Crippen LogP) is 1.90. The molecule has 24 heavy (non-hydrogen) atoms. The fourth-order valence-electron chi connectivity index (χ4n) is 2.81. The Hall–Kier alpha value is -2.38. The van der Waals surface area contributed by atoms with Crippen molar-refractivity contribution in [3.63, 3.8) is 0 Å². The van der Waals surface area contributed by atoms with E-state index in [4.69, 9.17) is 0 Å². The minimum Gasteiger partial charge on any atom is -0.323 e. The van der Waals surface area contributed by atoms with Crippen LogP contribution in [0.4, 0.5) is 10.6 Å². The number of hydrogen-bond donors (Lipinski definition) is 2. The second-order valence-corrected chi connectivity index (χ2v) is 6.08. The van der Waals surface area contributed by atoms with Crippen molar-refractivity contribution in [3.05, 3.63) is 12.3 Å². The lowest BCUT2D eigenvalue weighted by Crippen LogP contribution is -2.46. The first kappa shape index (κ1) is 18.0. The van der Waals surface area contributed by atoms with Gasteiger partial charge in [0.05, 0.1) is 12.2 Å². The van der Waals surface area contributed by atoms with Gasteiger partial charge in [0.15, 0.2) is 0 Å². The second kappa shape index (κ2) is 7.02. The zero-order valence-corrected chi connectivity index (χ0v) is 14.6. The molecule has 0 radical (unpaired) electrons. The van der Waals surface area contributed by atoms with Crippen molar-refractivity contribution in [1.82, 2.24) is 20.0 Å². The monoisotopic (exact) mass is 335 g/mol. The maximum atomic E-state index is 12.5. The number of amides is 4. The highest BCUT2D eigenvalue weighted by Crippen LogP contribution is 2.25. The molecule has 0 bridgehead atoms. The number of carbonyl (C=O) groups excluding carboxylic acids is 3. The van der Waals surface area contributed by atoms with E-state index in [0.717, 1.165) is 11.3 Å². The summed E-state index contributed by atoms with van der Waals surface area (Å²) in [6.45, 7) is 7.40. The van der Waals surface area contributed by atoms with Gasteiger partial charge in [0.1, 0.15) is 17.9 Å². The molecule has 8 heteroatoms. The minimum absolute atomic E-state index is 0.139. The highest BCUT2D eigenvalue weighted by Gasteiger charge is 2.49. The van der Waals surface area contributed by atoms with Crippen molar-refractivity contribution in [2.24, 2.45) is 0 Å². The molecular formula is C16H25N5O3. The van der Waals surface area contributed by atoms with Gasteiger partial charge in [-0.2, -0.15) is 5.10 Å². The van der Waals surface area contributed by atoms with Gasteiger partial charge < -0.3 is 10.6 Å². The van der Waals surface area contributed by atoms with Gasteiger partial charge in [-0.25, -0.2) is 9.48 Å². The lowest BCUT2D eigenvalue weighted by molar-refractivity contribution is -0.134. The number of hydrogen-bond acceptors (Lipinski definition) is 4. The number of imide groups is 1. The summed E-state index contributed by atoms with van der Waals surface area (Å²) < 4.78 is 1.71. The Morgan fingerprint density at radius 2 is 2.00 bits per heavy atom. The third-order valence-electron chi connectivity index (χ3n) is 4.70. The van der Waals surface area contributed by atoms with E-state index in [9.17, 15) is 14.4 Å². The summed E-state index contributed by atoms with van der Waals surface area (Å²) in [7, 11) is 0. The highest BCUT2D eigenvalue weighted by atomic mass is 16.2. The highest BCUT2D eigenvalue weighted by molar-refractivity contribution is 6.10. The van der Waals surface area contributed by atoms with Crippen molar-refractivity contribution in [2.45, 2.75) is 58.5 Å². The third-order valence-corrected chi connectivity index (χ3v) is 4.70. The molecule has 1 unspecified atom stereocenters. The Balaban J connectivity index is 2.07. The zero-order chi connectivity index (χ0) is 17.9. The van der Waals surface area contributed by atoms with Crippen molar-refractivity contribution >= 4 is 23.7 Å². The van der Waals surface area contributed by atoms with Crippen molar-refractivity contribution < 1.29 is 14.4 Å². The molecular weight excluding hydrogens is 310 g/mol. The molecule has 0 aromatic carbocycles. The number of nitrogens with one attached hydrogen (secondary N) is 2. The second-order valence-electron chi connectivity index (χ2n) is 6.08. The molecule has 2 N–H and O–H groups in total. The molecule has 2 heterocycles. The molecule has 1 aliphatic heterocycles. The molecule has 1 fully saturated rings. The molecule has 1 aromatic heterocycles. The number of rotatable bonds is 7. The van der Waals surface area contributed by atoms with Crippen LogP contribution < -0.4 is 10.6 Å². The lowest BCUT2D eigenvalue weighted by atomic mass is 9.93. The SMILES string of the molecule is CCC(C)n1nccc1NC(=O)CN1C(=O)NC(CC)(CC)C1=O. The van der Waals surface area contributed by atoms with Crippen LogP contribution in [-0.2, 0) is 9.59 Å². The number of aromatic nitrogens is 2. The van der Waals surface area contributed by atoms with Crippen molar-refractivity contribution in [3.8, 4) is 0 Å². The van der Waals surface area contributed by atoms with Gasteiger partial charge >= 0.3 is 6.03 Å². The van der Waals surface area contributed by atoms with Crippen LogP contribution >= 0.6 is 0 Å². The first-order valence-electron chi connectivity index (χ1n) is 8.36. The Labute approximate surface area is 141 Å². The maximum Gasteiger partial charge on any atom is 0.325 e. The van der Waals surface area contributed by atoms with Gasteiger partial charge in [-0.3, -0.25) is 14.5 Å². The first-order chi connectivity index (χ1) is 11.4. The van der Waals surface area contributed by atoms with Gasteiger partial charge in [-0.1, -0.05) is 20.8 Å². The molecule has 8 nitrogen and oxygen atoms in total. The Bertz CT molecular complexity index is 635. The van der Waals surface area contributed by atoms with E-state index >= 15 is 0 Å². The summed E-state index contributed by atoms with van der Waals surface area (Å²) in [6, 6.07) is 1.31. The van der Waals surface area contributed by atoms with Crippen LogP contribution in [0.1, 0.15) is 53.0 Å². The topological polar surface area (TPSA) is 96.3 Å². The van der Waals surface area contributed by atoms with Gasteiger partial charge in [0.25, 0.3) is 5.91 Å². The number of nitrogens with zero attached hydrogens (tertiary/aromatic N) is 3. The Morgan fingerprint density at radius 3 is 2.54 bits per heavy atom. The smallest absolute Gasteiger partial charge is 0.323 e. The summed E-state index contributed by atoms with van der Waals surface area (Å²) in [5.41, 5.74) is -0.893. The quantitative estimate of drug-likeness (QED) is 0.744. The van der Waals surface area contributed by atoms with Crippen LogP contribution in [0.3, 0.4) is 0 Å². The molecule has 0 spiro atoms. The summed E-state index contributed by atoms with van der Waals surface area (Å²) in [5.74, 6) is -0.215. The summed E-state index contributed by atoms with van der Waals surface area (Å²) >= 11 is 0. The van der Waals surface area contributed by atoms with E-state index < -0.39 is 17.5 Å². The average Bonchev–Trinajstić information content (AvgIpc) is 3.12. The molecule has 1 aliphatic rings. The lowest BCUT2D eigenvalue weighted by Gasteiger charge is -2.23. The van der Waals surface area contributed by atoms with Crippen LogP contribution in [0.15, 0.2) is 12.3 Å². The Morgan fingerprint density at radius 1 is 1.33 bits per heavy atom. The largest absolute Gasteiger partial charge is 0.325 e. The van der Waals surface area contributed by atoms with Crippen LogP contribution in [0.25, 0.3) is 0 Å². The number of urea groups is 1. The molecule has 1 atom stereocenters.